The molecule has 0 aliphatic carbocycles. The summed E-state index contributed by atoms with van der Waals surface area (Å²) in [4.78, 5) is 2.48. The van der Waals surface area contributed by atoms with Crippen LogP contribution in [0, 0.1) is 0 Å². The minimum atomic E-state index is 0.535. The summed E-state index contributed by atoms with van der Waals surface area (Å²) in [5, 5.41) is 0.906. The SMILES string of the molecule is CCCCCN(c1ccc(CBr)cc1Br)C(C)C. The second-order valence-corrected chi connectivity index (χ2v) is 6.33. The van der Waals surface area contributed by atoms with Gasteiger partial charge in [-0.25, -0.2) is 0 Å². The Hall–Kier alpha value is -0.0200. The van der Waals surface area contributed by atoms with Crippen LogP contribution < -0.4 is 4.90 Å². The maximum absolute atomic E-state index is 3.70. The van der Waals surface area contributed by atoms with Crippen LogP contribution in [-0.2, 0) is 5.33 Å². The fraction of sp³-hybridized carbons (Fsp3) is 0.600. The normalized spacial score (nSPS) is 11.0. The van der Waals surface area contributed by atoms with Crippen molar-refractivity contribution in [2.75, 3.05) is 11.4 Å². The summed E-state index contributed by atoms with van der Waals surface area (Å²) >= 11 is 7.20. The predicted octanol–water partition coefficient (Wildman–Crippen LogP) is 5.75. The standard InChI is InChI=1S/C15H23Br2N/c1-4-5-6-9-18(12(2)3)15-8-7-13(11-16)10-14(15)17/h7-8,10,12H,4-6,9,11H2,1-3H3. The molecule has 18 heavy (non-hydrogen) atoms. The van der Waals surface area contributed by atoms with Gasteiger partial charge in [-0.05, 0) is 53.9 Å². The third kappa shape index (κ3) is 4.58. The van der Waals surface area contributed by atoms with E-state index in [-0.39, 0.29) is 0 Å². The zero-order valence-electron chi connectivity index (χ0n) is 11.5. The second-order valence-electron chi connectivity index (χ2n) is 4.91. The maximum Gasteiger partial charge on any atom is 0.0513 e. The molecule has 0 heterocycles. The van der Waals surface area contributed by atoms with Gasteiger partial charge in [-0.15, -0.1) is 0 Å². The van der Waals surface area contributed by atoms with Gasteiger partial charge in [-0.1, -0.05) is 41.8 Å². The van der Waals surface area contributed by atoms with E-state index in [4.69, 9.17) is 0 Å². The van der Waals surface area contributed by atoms with Crippen LogP contribution in [0.4, 0.5) is 5.69 Å². The van der Waals surface area contributed by atoms with Crippen LogP contribution in [0.1, 0.15) is 45.6 Å². The molecule has 0 bridgehead atoms. The van der Waals surface area contributed by atoms with Crippen LogP contribution in [-0.4, -0.2) is 12.6 Å². The molecule has 1 aromatic rings. The Labute approximate surface area is 128 Å². The first kappa shape index (κ1) is 16.0. The van der Waals surface area contributed by atoms with E-state index in [2.05, 4.69) is 75.7 Å². The Morgan fingerprint density at radius 3 is 2.44 bits per heavy atom. The van der Waals surface area contributed by atoms with Gasteiger partial charge in [0.1, 0.15) is 0 Å². The zero-order chi connectivity index (χ0) is 13.5. The lowest BCUT2D eigenvalue weighted by atomic mass is 10.1. The van der Waals surface area contributed by atoms with Crippen LogP contribution in [0.15, 0.2) is 22.7 Å². The minimum Gasteiger partial charge on any atom is -0.368 e. The highest BCUT2D eigenvalue weighted by Gasteiger charge is 2.13. The molecule has 0 aliphatic rings. The maximum atomic E-state index is 3.70. The van der Waals surface area contributed by atoms with Gasteiger partial charge in [0.05, 0.1) is 5.69 Å². The molecule has 3 heteroatoms. The molecule has 1 rings (SSSR count). The molecule has 1 aromatic carbocycles. The number of anilines is 1. The topological polar surface area (TPSA) is 3.24 Å². The van der Waals surface area contributed by atoms with Gasteiger partial charge >= 0.3 is 0 Å². The Kier molecular flexibility index (Phi) is 7.31. The number of hydrogen-bond acceptors (Lipinski definition) is 1. The van der Waals surface area contributed by atoms with Crippen molar-refractivity contribution in [1.82, 2.24) is 0 Å². The number of unbranched alkanes of at least 4 members (excludes halogenated alkanes) is 2. The van der Waals surface area contributed by atoms with Crippen molar-refractivity contribution in [1.29, 1.82) is 0 Å². The van der Waals surface area contributed by atoms with Crippen LogP contribution >= 0.6 is 31.9 Å². The third-order valence-electron chi connectivity index (χ3n) is 3.10. The average Bonchev–Trinajstić information content (AvgIpc) is 2.35. The van der Waals surface area contributed by atoms with E-state index in [0.29, 0.717) is 6.04 Å². The molecular weight excluding hydrogens is 354 g/mol. The average molecular weight is 377 g/mol. The highest BCUT2D eigenvalue weighted by atomic mass is 79.9. The zero-order valence-corrected chi connectivity index (χ0v) is 14.7. The number of rotatable bonds is 7. The molecule has 0 aromatic heterocycles. The van der Waals surface area contributed by atoms with Crippen LogP contribution in [0.25, 0.3) is 0 Å². The van der Waals surface area contributed by atoms with Gasteiger partial charge in [-0.2, -0.15) is 0 Å². The fourth-order valence-electron chi connectivity index (χ4n) is 2.06. The van der Waals surface area contributed by atoms with E-state index in [9.17, 15) is 0 Å². The fourth-order valence-corrected chi connectivity index (χ4v) is 3.06. The molecule has 0 spiro atoms. The molecule has 0 amide bonds. The lowest BCUT2D eigenvalue weighted by Gasteiger charge is -2.30. The molecule has 0 unspecified atom stereocenters. The molecule has 0 saturated heterocycles. The molecule has 102 valence electrons. The first-order valence-corrected chi connectivity index (χ1v) is 8.62. The van der Waals surface area contributed by atoms with Crippen LogP contribution in [0.3, 0.4) is 0 Å². The third-order valence-corrected chi connectivity index (χ3v) is 4.38. The predicted molar refractivity (Wildman–Crippen MR) is 88.8 cm³/mol. The lowest BCUT2D eigenvalue weighted by Crippen LogP contribution is -2.32. The van der Waals surface area contributed by atoms with Gasteiger partial charge in [0.15, 0.2) is 0 Å². The molecule has 0 N–H and O–H groups in total. The van der Waals surface area contributed by atoms with Crippen molar-refractivity contribution in [3.05, 3.63) is 28.2 Å². The summed E-state index contributed by atoms with van der Waals surface area (Å²) in [5.41, 5.74) is 2.62. The van der Waals surface area contributed by atoms with Gasteiger partial charge in [0.2, 0.25) is 0 Å². The summed E-state index contributed by atoms with van der Waals surface area (Å²) in [5.74, 6) is 0. The van der Waals surface area contributed by atoms with Crippen LogP contribution in [0.5, 0.6) is 0 Å². The van der Waals surface area contributed by atoms with Gasteiger partial charge in [-0.3, -0.25) is 0 Å². The molecule has 0 radical (unpaired) electrons. The van der Waals surface area contributed by atoms with Crippen molar-refractivity contribution in [3.8, 4) is 0 Å². The summed E-state index contributed by atoms with van der Waals surface area (Å²) in [7, 11) is 0. The Bertz CT molecular complexity index is 364. The van der Waals surface area contributed by atoms with Crippen molar-refractivity contribution < 1.29 is 0 Å². The monoisotopic (exact) mass is 375 g/mol. The number of benzene rings is 1. The van der Waals surface area contributed by atoms with Crippen molar-refractivity contribution >= 4 is 37.5 Å². The van der Waals surface area contributed by atoms with Crippen molar-refractivity contribution in [2.45, 2.75) is 51.4 Å². The molecule has 0 aliphatic heterocycles. The van der Waals surface area contributed by atoms with E-state index in [1.807, 2.05) is 0 Å². The van der Waals surface area contributed by atoms with Gasteiger partial charge < -0.3 is 4.90 Å². The van der Waals surface area contributed by atoms with Crippen LogP contribution in [0.2, 0.25) is 0 Å². The number of hydrogen-bond donors (Lipinski definition) is 0. The highest BCUT2D eigenvalue weighted by molar-refractivity contribution is 9.10. The second kappa shape index (κ2) is 8.21. The van der Waals surface area contributed by atoms with Gasteiger partial charge in [0, 0.05) is 22.4 Å². The Balaban J connectivity index is 2.84. The smallest absolute Gasteiger partial charge is 0.0513 e. The van der Waals surface area contributed by atoms with Crippen molar-refractivity contribution in [2.24, 2.45) is 0 Å². The van der Waals surface area contributed by atoms with E-state index >= 15 is 0 Å². The molecular formula is C15H23Br2N. The Morgan fingerprint density at radius 1 is 1.22 bits per heavy atom. The first-order valence-electron chi connectivity index (χ1n) is 6.71. The van der Waals surface area contributed by atoms with E-state index < -0.39 is 0 Å². The number of halogens is 2. The van der Waals surface area contributed by atoms with Gasteiger partial charge in [0.25, 0.3) is 0 Å². The number of alkyl halides is 1. The molecule has 0 saturated carbocycles. The molecule has 1 nitrogen and oxygen atoms in total. The highest BCUT2D eigenvalue weighted by Crippen LogP contribution is 2.29. The number of nitrogens with zero attached hydrogens (tertiary/aromatic N) is 1. The van der Waals surface area contributed by atoms with E-state index in [1.54, 1.807) is 0 Å². The van der Waals surface area contributed by atoms with E-state index in [0.717, 1.165) is 11.9 Å². The Morgan fingerprint density at radius 2 is 1.94 bits per heavy atom. The summed E-state index contributed by atoms with van der Waals surface area (Å²) in [6, 6.07) is 7.17. The summed E-state index contributed by atoms with van der Waals surface area (Å²) < 4.78 is 1.20. The summed E-state index contributed by atoms with van der Waals surface area (Å²) in [6.45, 7) is 7.91. The molecule has 0 fully saturated rings. The summed E-state index contributed by atoms with van der Waals surface area (Å²) in [6.07, 6.45) is 3.84. The quantitative estimate of drug-likeness (QED) is 0.432. The first-order chi connectivity index (χ1) is 8.60. The van der Waals surface area contributed by atoms with Crippen molar-refractivity contribution in [3.63, 3.8) is 0 Å². The molecule has 0 atom stereocenters. The van der Waals surface area contributed by atoms with E-state index in [1.165, 1.54) is 35.0 Å². The lowest BCUT2D eigenvalue weighted by molar-refractivity contribution is 0.625. The minimum absolute atomic E-state index is 0.535. The largest absolute Gasteiger partial charge is 0.368 e.